The standard InChI is InChI=1S/C38H37FN4O3S2/c1-23(34(44)43-37-30(22-40)29-18-17-26(38(2,3)4)20-33(29)48-37)47-28-15-10-14-27(21-28)41-36(46)32(19-25-13-8-9-16-31(25)39)42-35(45)24-11-6-5-7-12-24/h5-16,19,21,23,26H,17-18,20H2,1-4H3,(H,41,46)(H,42,45)(H,43,44)/b32-19-. The fraction of sp³-hybridized carbons (Fsp3) is 0.263. The number of benzene rings is 3. The minimum atomic E-state index is -0.644. The van der Waals surface area contributed by atoms with E-state index in [0.717, 1.165) is 29.7 Å². The molecule has 48 heavy (non-hydrogen) atoms. The Labute approximate surface area is 288 Å². The van der Waals surface area contributed by atoms with Gasteiger partial charge >= 0.3 is 0 Å². The summed E-state index contributed by atoms with van der Waals surface area (Å²) in [6.07, 6.45) is 4.05. The van der Waals surface area contributed by atoms with E-state index in [1.807, 2.05) is 6.07 Å². The molecule has 1 aliphatic rings. The van der Waals surface area contributed by atoms with Crippen molar-refractivity contribution in [3.8, 4) is 6.07 Å². The molecule has 0 spiro atoms. The SMILES string of the molecule is CC(Sc1cccc(NC(=O)/C(=C/c2ccccc2F)NC(=O)c2ccccc2)c1)C(=O)Nc1sc2c(c1C#N)CCC(C(C)(C)C)C2. The summed E-state index contributed by atoms with van der Waals surface area (Å²) >= 11 is 2.81. The van der Waals surface area contributed by atoms with Crippen LogP contribution in [0.2, 0.25) is 0 Å². The van der Waals surface area contributed by atoms with Crippen LogP contribution in [0.5, 0.6) is 0 Å². The normalized spacial score (nSPS) is 15.1. The van der Waals surface area contributed by atoms with Crippen molar-refractivity contribution in [1.29, 1.82) is 5.26 Å². The van der Waals surface area contributed by atoms with Gasteiger partial charge in [0.2, 0.25) is 5.91 Å². The first-order valence-electron chi connectivity index (χ1n) is 15.7. The van der Waals surface area contributed by atoms with Crippen molar-refractivity contribution < 1.29 is 18.8 Å². The molecule has 7 nitrogen and oxygen atoms in total. The van der Waals surface area contributed by atoms with Gasteiger partial charge in [0.15, 0.2) is 0 Å². The summed E-state index contributed by atoms with van der Waals surface area (Å²) in [5.41, 5.74) is 2.57. The number of nitrogens with one attached hydrogen (secondary N) is 3. The van der Waals surface area contributed by atoms with E-state index >= 15 is 0 Å². The molecule has 2 unspecified atom stereocenters. The van der Waals surface area contributed by atoms with E-state index in [4.69, 9.17) is 0 Å². The van der Waals surface area contributed by atoms with Gasteiger partial charge in [-0.15, -0.1) is 23.1 Å². The molecule has 246 valence electrons. The molecule has 4 aromatic rings. The number of carbonyl (C=O) groups is 3. The third kappa shape index (κ3) is 8.40. The predicted molar refractivity (Wildman–Crippen MR) is 191 cm³/mol. The molecule has 1 aromatic heterocycles. The largest absolute Gasteiger partial charge is 0.321 e. The molecule has 2 atom stereocenters. The van der Waals surface area contributed by atoms with E-state index in [1.165, 1.54) is 52.3 Å². The minimum Gasteiger partial charge on any atom is -0.321 e. The predicted octanol–water partition coefficient (Wildman–Crippen LogP) is 8.44. The van der Waals surface area contributed by atoms with Crippen molar-refractivity contribution in [1.82, 2.24) is 5.32 Å². The fourth-order valence-corrected chi connectivity index (χ4v) is 7.75. The zero-order valence-electron chi connectivity index (χ0n) is 27.2. The van der Waals surface area contributed by atoms with Crippen molar-refractivity contribution in [2.45, 2.75) is 57.1 Å². The van der Waals surface area contributed by atoms with Crippen LogP contribution in [0, 0.1) is 28.5 Å². The van der Waals surface area contributed by atoms with Gasteiger partial charge < -0.3 is 16.0 Å². The van der Waals surface area contributed by atoms with Crippen LogP contribution < -0.4 is 16.0 Å². The maximum Gasteiger partial charge on any atom is 0.272 e. The van der Waals surface area contributed by atoms with E-state index in [0.29, 0.717) is 27.7 Å². The zero-order valence-corrected chi connectivity index (χ0v) is 28.9. The Morgan fingerprint density at radius 1 is 1.02 bits per heavy atom. The summed E-state index contributed by atoms with van der Waals surface area (Å²) in [6.45, 7) is 8.52. The van der Waals surface area contributed by atoms with Crippen LogP contribution in [0.1, 0.15) is 66.0 Å². The molecular formula is C38H37FN4O3S2. The quantitative estimate of drug-likeness (QED) is 0.121. The van der Waals surface area contributed by atoms with Crippen molar-refractivity contribution in [2.75, 3.05) is 10.6 Å². The number of rotatable bonds is 9. The second-order valence-electron chi connectivity index (χ2n) is 12.8. The summed E-state index contributed by atoms with van der Waals surface area (Å²) in [7, 11) is 0. The Hall–Kier alpha value is -4.72. The number of hydrogen-bond donors (Lipinski definition) is 3. The maximum absolute atomic E-state index is 14.5. The van der Waals surface area contributed by atoms with E-state index in [-0.39, 0.29) is 22.6 Å². The van der Waals surface area contributed by atoms with Gasteiger partial charge in [-0.2, -0.15) is 5.26 Å². The van der Waals surface area contributed by atoms with Crippen LogP contribution in [0.15, 0.2) is 89.5 Å². The maximum atomic E-state index is 14.5. The highest BCUT2D eigenvalue weighted by molar-refractivity contribution is 8.00. The summed E-state index contributed by atoms with van der Waals surface area (Å²) in [4.78, 5) is 41.6. The molecule has 1 aliphatic carbocycles. The van der Waals surface area contributed by atoms with Gasteiger partial charge in [-0.05, 0) is 85.6 Å². The Morgan fingerprint density at radius 3 is 2.46 bits per heavy atom. The molecular weight excluding hydrogens is 644 g/mol. The van der Waals surface area contributed by atoms with E-state index in [1.54, 1.807) is 61.5 Å². The average Bonchev–Trinajstić information content (AvgIpc) is 3.41. The first-order chi connectivity index (χ1) is 22.9. The fourth-order valence-electron chi connectivity index (χ4n) is 5.54. The number of fused-ring (bicyclic) bond motifs is 1. The monoisotopic (exact) mass is 680 g/mol. The number of hydrogen-bond acceptors (Lipinski definition) is 6. The lowest BCUT2D eigenvalue weighted by atomic mass is 9.72. The molecule has 3 amide bonds. The number of anilines is 2. The van der Waals surface area contributed by atoms with Crippen molar-refractivity contribution in [3.63, 3.8) is 0 Å². The van der Waals surface area contributed by atoms with E-state index < -0.39 is 22.9 Å². The number of nitrogens with zero attached hydrogens (tertiary/aromatic N) is 1. The third-order valence-corrected chi connectivity index (χ3v) is 10.6. The topological polar surface area (TPSA) is 111 Å². The first-order valence-corrected chi connectivity index (χ1v) is 17.4. The van der Waals surface area contributed by atoms with Gasteiger partial charge in [0, 0.05) is 26.6 Å². The van der Waals surface area contributed by atoms with E-state index in [2.05, 4.69) is 42.8 Å². The zero-order chi connectivity index (χ0) is 34.4. The Balaban J connectivity index is 1.28. The summed E-state index contributed by atoms with van der Waals surface area (Å²) in [5.74, 6) is -1.41. The smallest absolute Gasteiger partial charge is 0.272 e. The number of thiophene rings is 1. The molecule has 1 heterocycles. The van der Waals surface area contributed by atoms with Gasteiger partial charge in [0.1, 0.15) is 22.6 Å². The molecule has 3 N–H and O–H groups in total. The summed E-state index contributed by atoms with van der Waals surface area (Å²) in [6, 6.07) is 23.7. The lowest BCUT2D eigenvalue weighted by Gasteiger charge is -2.33. The Kier molecular flexibility index (Phi) is 10.8. The molecule has 0 fully saturated rings. The first kappa shape index (κ1) is 34.6. The van der Waals surface area contributed by atoms with Gasteiger partial charge in [-0.1, -0.05) is 63.2 Å². The number of thioether (sulfide) groups is 1. The highest BCUT2D eigenvalue weighted by atomic mass is 32.2. The highest BCUT2D eigenvalue weighted by Crippen LogP contribution is 2.44. The van der Waals surface area contributed by atoms with Crippen LogP contribution in [0.25, 0.3) is 6.08 Å². The number of amides is 3. The third-order valence-electron chi connectivity index (χ3n) is 8.35. The second kappa shape index (κ2) is 15.0. The molecule has 0 radical (unpaired) electrons. The summed E-state index contributed by atoms with van der Waals surface area (Å²) < 4.78 is 14.5. The molecule has 0 bridgehead atoms. The lowest BCUT2D eigenvalue weighted by Crippen LogP contribution is -2.30. The Morgan fingerprint density at radius 2 is 1.75 bits per heavy atom. The van der Waals surface area contributed by atoms with Crippen molar-refractivity contribution in [2.24, 2.45) is 11.3 Å². The van der Waals surface area contributed by atoms with E-state index in [9.17, 15) is 24.0 Å². The molecule has 3 aromatic carbocycles. The minimum absolute atomic E-state index is 0.138. The van der Waals surface area contributed by atoms with Crippen LogP contribution >= 0.6 is 23.1 Å². The van der Waals surface area contributed by atoms with Crippen LogP contribution in [0.4, 0.5) is 15.1 Å². The number of carbonyl (C=O) groups excluding carboxylic acids is 3. The molecule has 0 saturated heterocycles. The number of halogens is 1. The highest BCUT2D eigenvalue weighted by Gasteiger charge is 2.32. The Bertz CT molecular complexity index is 1910. The lowest BCUT2D eigenvalue weighted by molar-refractivity contribution is -0.115. The van der Waals surface area contributed by atoms with Crippen LogP contribution in [-0.2, 0) is 22.4 Å². The van der Waals surface area contributed by atoms with Gasteiger partial charge in [-0.3, -0.25) is 14.4 Å². The second-order valence-corrected chi connectivity index (χ2v) is 15.3. The van der Waals surface area contributed by atoms with Crippen molar-refractivity contribution >= 4 is 57.6 Å². The van der Waals surface area contributed by atoms with Crippen molar-refractivity contribution in [3.05, 3.63) is 118 Å². The van der Waals surface area contributed by atoms with Crippen LogP contribution in [-0.4, -0.2) is 23.0 Å². The van der Waals surface area contributed by atoms with Gasteiger partial charge in [-0.25, -0.2) is 4.39 Å². The molecule has 0 saturated carbocycles. The molecule has 0 aliphatic heterocycles. The van der Waals surface area contributed by atoms with Crippen LogP contribution in [0.3, 0.4) is 0 Å². The molecule has 10 heteroatoms. The number of nitriles is 1. The average molecular weight is 681 g/mol. The van der Waals surface area contributed by atoms with Gasteiger partial charge in [0.05, 0.1) is 10.8 Å². The summed E-state index contributed by atoms with van der Waals surface area (Å²) in [5, 5.41) is 18.4. The van der Waals surface area contributed by atoms with Gasteiger partial charge in [0.25, 0.3) is 11.8 Å². The molecule has 5 rings (SSSR count).